The van der Waals surface area contributed by atoms with Gasteiger partial charge in [-0.1, -0.05) is 6.92 Å². The quantitative estimate of drug-likeness (QED) is 0.813. The Kier molecular flexibility index (Phi) is 3.38. The predicted molar refractivity (Wildman–Crippen MR) is 71.8 cm³/mol. The Balaban J connectivity index is 1.84. The zero-order valence-electron chi connectivity index (χ0n) is 12.1. The van der Waals surface area contributed by atoms with Gasteiger partial charge in [0.05, 0.1) is 5.41 Å². The normalized spacial score (nSPS) is 30.8. The topological polar surface area (TPSA) is 29.5 Å². The summed E-state index contributed by atoms with van der Waals surface area (Å²) in [5.74, 6) is -5.57. The van der Waals surface area contributed by atoms with Crippen LogP contribution < -0.4 is 4.74 Å². The maximum atomic E-state index is 14.3. The number of fused-ring (bicyclic) bond motifs is 2. The molecule has 0 spiro atoms. The van der Waals surface area contributed by atoms with E-state index in [1.807, 2.05) is 0 Å². The maximum absolute atomic E-state index is 14.3. The van der Waals surface area contributed by atoms with Gasteiger partial charge in [-0.25, -0.2) is 8.78 Å². The van der Waals surface area contributed by atoms with Gasteiger partial charge in [-0.3, -0.25) is 0 Å². The van der Waals surface area contributed by atoms with Gasteiger partial charge in [0.25, 0.3) is 0 Å². The molecule has 1 fully saturated rings. The van der Waals surface area contributed by atoms with E-state index >= 15 is 0 Å². The average Bonchev–Trinajstić information content (AvgIpc) is 2.51. The van der Waals surface area contributed by atoms with Crippen molar-refractivity contribution in [1.29, 1.82) is 0 Å². The van der Waals surface area contributed by atoms with Crippen molar-refractivity contribution >= 4 is 0 Å². The number of phenols is 1. The average molecular weight is 316 g/mol. The van der Waals surface area contributed by atoms with Gasteiger partial charge in [-0.05, 0) is 37.8 Å². The third kappa shape index (κ3) is 2.08. The monoisotopic (exact) mass is 316 g/mol. The number of phenolic OH excluding ortho intramolecular Hbond substituents is 1. The Morgan fingerprint density at radius 1 is 1.00 bits per heavy atom. The molecule has 3 aliphatic carbocycles. The predicted octanol–water partition coefficient (Wildman–Crippen LogP) is 4.78. The molecule has 1 aromatic rings. The number of hydrogen-bond acceptors (Lipinski definition) is 2. The number of allylic oxidation sites excluding steroid dienone is 1. The Labute approximate surface area is 125 Å². The molecule has 0 atom stereocenters. The summed E-state index contributed by atoms with van der Waals surface area (Å²) >= 11 is 0. The second kappa shape index (κ2) is 4.89. The largest absolute Gasteiger partial charge is 0.505 e. The van der Waals surface area contributed by atoms with Crippen LogP contribution in [0.1, 0.15) is 32.6 Å². The highest BCUT2D eigenvalue weighted by atomic mass is 19.2. The van der Waals surface area contributed by atoms with E-state index in [-0.39, 0.29) is 6.61 Å². The second-order valence-corrected chi connectivity index (χ2v) is 6.47. The molecule has 0 amide bonds. The molecule has 0 heterocycles. The molecular formula is C16H16F4O2. The standard InChI is InChI=1S/C16H16F4O2/c1-15-4-6-16(7-5-15,14(20)13(15)19)8-22-10-3-2-9(21)11(17)12(10)18/h2-3,21H,4-8H2,1H3. The third-order valence-corrected chi connectivity index (χ3v) is 5.03. The highest BCUT2D eigenvalue weighted by Gasteiger charge is 2.54. The fraction of sp³-hybridized carbons (Fsp3) is 0.500. The highest BCUT2D eigenvalue weighted by Crippen LogP contribution is 2.60. The minimum Gasteiger partial charge on any atom is -0.505 e. The molecule has 2 nitrogen and oxygen atoms in total. The van der Waals surface area contributed by atoms with Crippen molar-refractivity contribution in [3.63, 3.8) is 0 Å². The molecule has 0 aliphatic heterocycles. The number of aromatic hydroxyl groups is 1. The first-order valence-corrected chi connectivity index (χ1v) is 7.15. The lowest BCUT2D eigenvalue weighted by molar-refractivity contribution is 0.0196. The lowest BCUT2D eigenvalue weighted by Gasteiger charge is -2.48. The summed E-state index contributed by atoms with van der Waals surface area (Å²) in [6.45, 7) is 1.43. The van der Waals surface area contributed by atoms with Crippen LogP contribution in [0.25, 0.3) is 0 Å². The molecule has 1 aromatic carbocycles. The van der Waals surface area contributed by atoms with Gasteiger partial charge in [0.15, 0.2) is 11.5 Å². The minimum atomic E-state index is -1.42. The Morgan fingerprint density at radius 3 is 2.27 bits per heavy atom. The summed E-state index contributed by atoms with van der Waals surface area (Å²) in [4.78, 5) is 0. The van der Waals surface area contributed by atoms with Gasteiger partial charge in [-0.2, -0.15) is 8.78 Å². The fourth-order valence-electron chi connectivity index (χ4n) is 3.27. The molecule has 6 heteroatoms. The molecule has 0 radical (unpaired) electrons. The van der Waals surface area contributed by atoms with Crippen molar-refractivity contribution in [2.75, 3.05) is 6.61 Å². The smallest absolute Gasteiger partial charge is 0.204 e. The SMILES string of the molecule is CC12CCC(COc3ccc(O)c(F)c3F)(CC1)C(F)=C2F. The summed E-state index contributed by atoms with van der Waals surface area (Å²) in [6, 6.07) is 2.02. The van der Waals surface area contributed by atoms with E-state index < -0.39 is 45.6 Å². The van der Waals surface area contributed by atoms with Crippen molar-refractivity contribution in [2.45, 2.75) is 32.6 Å². The van der Waals surface area contributed by atoms with E-state index in [9.17, 15) is 17.6 Å². The number of halogens is 4. The lowest BCUT2D eigenvalue weighted by atomic mass is 9.58. The maximum Gasteiger partial charge on any atom is 0.204 e. The van der Waals surface area contributed by atoms with Crippen LogP contribution in [0, 0.1) is 22.5 Å². The molecule has 0 aromatic heterocycles. The van der Waals surface area contributed by atoms with Crippen molar-refractivity contribution in [1.82, 2.24) is 0 Å². The molecule has 0 saturated heterocycles. The summed E-state index contributed by atoms with van der Waals surface area (Å²) in [5, 5.41) is 9.06. The summed E-state index contributed by atoms with van der Waals surface area (Å²) in [7, 11) is 0. The van der Waals surface area contributed by atoms with Crippen LogP contribution in [-0.4, -0.2) is 11.7 Å². The van der Waals surface area contributed by atoms with Gasteiger partial charge in [0.2, 0.25) is 11.6 Å². The number of rotatable bonds is 3. The zero-order chi connectivity index (χ0) is 16.1. The highest BCUT2D eigenvalue weighted by molar-refractivity contribution is 5.34. The van der Waals surface area contributed by atoms with E-state index in [0.717, 1.165) is 12.1 Å². The van der Waals surface area contributed by atoms with E-state index in [1.165, 1.54) is 0 Å². The van der Waals surface area contributed by atoms with E-state index in [0.29, 0.717) is 25.7 Å². The minimum absolute atomic E-state index is 0.260. The molecule has 22 heavy (non-hydrogen) atoms. The molecule has 2 bridgehead atoms. The summed E-state index contributed by atoms with van der Waals surface area (Å²) < 4.78 is 60.6. The molecule has 1 saturated carbocycles. The lowest BCUT2D eigenvalue weighted by Crippen LogP contribution is -2.44. The first-order valence-electron chi connectivity index (χ1n) is 7.15. The Morgan fingerprint density at radius 2 is 1.64 bits per heavy atom. The molecule has 1 N–H and O–H groups in total. The molecule has 0 unspecified atom stereocenters. The van der Waals surface area contributed by atoms with Crippen LogP contribution in [0.5, 0.6) is 11.5 Å². The van der Waals surface area contributed by atoms with Crippen molar-refractivity contribution < 1.29 is 27.4 Å². The van der Waals surface area contributed by atoms with E-state index in [1.54, 1.807) is 6.92 Å². The van der Waals surface area contributed by atoms with Gasteiger partial charge < -0.3 is 9.84 Å². The second-order valence-electron chi connectivity index (χ2n) is 6.47. The van der Waals surface area contributed by atoms with Crippen LogP contribution >= 0.6 is 0 Å². The Bertz CT molecular complexity index is 646. The summed E-state index contributed by atoms with van der Waals surface area (Å²) in [6.07, 6.45) is 1.82. The first-order chi connectivity index (χ1) is 10.3. The van der Waals surface area contributed by atoms with Crippen LogP contribution in [0.15, 0.2) is 23.8 Å². The summed E-state index contributed by atoms with van der Waals surface area (Å²) in [5.41, 5.74) is -1.86. The molecule has 3 aliphatic rings. The fourth-order valence-corrected chi connectivity index (χ4v) is 3.27. The van der Waals surface area contributed by atoms with Gasteiger partial charge in [0, 0.05) is 5.41 Å². The van der Waals surface area contributed by atoms with Crippen molar-refractivity contribution in [3.05, 3.63) is 35.4 Å². The molecule has 120 valence electrons. The third-order valence-electron chi connectivity index (χ3n) is 5.03. The molecular weight excluding hydrogens is 300 g/mol. The van der Waals surface area contributed by atoms with Crippen LogP contribution in [0.3, 0.4) is 0 Å². The van der Waals surface area contributed by atoms with E-state index in [4.69, 9.17) is 9.84 Å². The molecule has 4 rings (SSSR count). The van der Waals surface area contributed by atoms with Crippen molar-refractivity contribution in [3.8, 4) is 11.5 Å². The van der Waals surface area contributed by atoms with Crippen LogP contribution in [-0.2, 0) is 0 Å². The van der Waals surface area contributed by atoms with Crippen molar-refractivity contribution in [2.24, 2.45) is 10.8 Å². The number of benzene rings is 1. The van der Waals surface area contributed by atoms with Gasteiger partial charge in [-0.15, -0.1) is 0 Å². The van der Waals surface area contributed by atoms with Gasteiger partial charge in [0.1, 0.15) is 18.3 Å². The van der Waals surface area contributed by atoms with Crippen LogP contribution in [0.4, 0.5) is 17.6 Å². The van der Waals surface area contributed by atoms with Gasteiger partial charge >= 0.3 is 0 Å². The first kappa shape index (κ1) is 15.2. The van der Waals surface area contributed by atoms with Crippen LogP contribution in [0.2, 0.25) is 0 Å². The Hall–Kier alpha value is -1.72. The van der Waals surface area contributed by atoms with E-state index in [2.05, 4.69) is 0 Å². The number of ether oxygens (including phenoxy) is 1. The zero-order valence-corrected chi connectivity index (χ0v) is 12.1. The number of hydrogen-bond donors (Lipinski definition) is 1.